The number of methoxy groups -OCH3 is 1. The lowest BCUT2D eigenvalue weighted by Gasteiger charge is -2.13. The van der Waals surface area contributed by atoms with Crippen LogP contribution in [0.25, 0.3) is 5.69 Å². The van der Waals surface area contributed by atoms with Crippen molar-refractivity contribution < 1.29 is 32.2 Å². The van der Waals surface area contributed by atoms with Gasteiger partial charge in [-0.15, -0.1) is 0 Å². The lowest BCUT2D eigenvalue weighted by Crippen LogP contribution is -2.32. The van der Waals surface area contributed by atoms with Crippen LogP contribution in [0.2, 0.25) is 0 Å². The van der Waals surface area contributed by atoms with Gasteiger partial charge in [-0.3, -0.25) is 9.59 Å². The maximum Gasteiger partial charge on any atom is 0.416 e. The minimum Gasteiger partial charge on any atom is -0.493 e. The molecule has 1 fully saturated rings. The maximum absolute atomic E-state index is 13.1. The summed E-state index contributed by atoms with van der Waals surface area (Å²) in [6.07, 6.45) is -1.44. The van der Waals surface area contributed by atoms with Crippen LogP contribution in [0.5, 0.6) is 5.75 Å². The fraction of sp³-hybridized carbons (Fsp3) is 0.292. The number of hydrogen-bond acceptors (Lipinski definition) is 5. The van der Waals surface area contributed by atoms with E-state index in [1.54, 1.807) is 24.3 Å². The first-order chi connectivity index (χ1) is 16.8. The monoisotopic (exact) mass is 488 g/mol. The van der Waals surface area contributed by atoms with Crippen LogP contribution in [0.4, 0.5) is 18.9 Å². The Balaban J connectivity index is 1.54. The van der Waals surface area contributed by atoms with Crippen molar-refractivity contribution in [3.8, 4) is 11.4 Å². The molecule has 1 unspecified atom stereocenters. The largest absolute Gasteiger partial charge is 0.493 e. The minimum atomic E-state index is -4.53. The molecule has 1 aliphatic rings. The van der Waals surface area contributed by atoms with Gasteiger partial charge in [0.1, 0.15) is 0 Å². The van der Waals surface area contributed by atoms with E-state index in [-0.39, 0.29) is 40.4 Å². The Hall–Kier alpha value is -3.86. The van der Waals surface area contributed by atoms with Crippen molar-refractivity contribution in [3.05, 3.63) is 71.5 Å². The quantitative estimate of drug-likeness (QED) is 0.523. The third kappa shape index (κ3) is 5.62. The third-order valence-corrected chi connectivity index (χ3v) is 5.49. The third-order valence-electron chi connectivity index (χ3n) is 5.49. The number of amides is 2. The lowest BCUT2D eigenvalue weighted by atomic mass is 10.1. The summed E-state index contributed by atoms with van der Waals surface area (Å²) in [5, 5.41) is 9.58. The predicted octanol–water partition coefficient (Wildman–Crippen LogP) is 4.06. The van der Waals surface area contributed by atoms with E-state index in [4.69, 9.17) is 9.47 Å². The molecular formula is C24H23F3N4O4. The molecule has 0 spiro atoms. The van der Waals surface area contributed by atoms with E-state index >= 15 is 0 Å². The molecule has 0 aliphatic carbocycles. The van der Waals surface area contributed by atoms with E-state index in [2.05, 4.69) is 15.7 Å². The van der Waals surface area contributed by atoms with Gasteiger partial charge in [0.15, 0.2) is 11.4 Å². The maximum atomic E-state index is 13.1. The second-order valence-electron chi connectivity index (χ2n) is 7.88. The Kier molecular flexibility index (Phi) is 7.06. The molecule has 3 aromatic rings. The normalized spacial score (nSPS) is 15.6. The van der Waals surface area contributed by atoms with Crippen LogP contribution in [-0.4, -0.2) is 48.0 Å². The number of rotatable bonds is 7. The average molecular weight is 488 g/mol. The zero-order valence-corrected chi connectivity index (χ0v) is 18.8. The van der Waals surface area contributed by atoms with Gasteiger partial charge in [-0.1, -0.05) is 18.2 Å². The highest BCUT2D eigenvalue weighted by Gasteiger charge is 2.31. The molecule has 2 aromatic carbocycles. The number of carbonyl (C=O) groups excluding carboxylic acids is 2. The molecule has 1 atom stereocenters. The molecule has 2 heterocycles. The molecule has 35 heavy (non-hydrogen) atoms. The van der Waals surface area contributed by atoms with Gasteiger partial charge in [-0.05, 0) is 43.2 Å². The van der Waals surface area contributed by atoms with Crippen molar-refractivity contribution in [2.45, 2.75) is 25.1 Å². The molecule has 0 saturated carbocycles. The van der Waals surface area contributed by atoms with E-state index in [1.807, 2.05) is 0 Å². The number of nitrogens with one attached hydrogen (secondary N) is 2. The Morgan fingerprint density at radius 1 is 1.17 bits per heavy atom. The Bertz CT molecular complexity index is 1220. The second-order valence-corrected chi connectivity index (χ2v) is 7.88. The van der Waals surface area contributed by atoms with Gasteiger partial charge in [0.25, 0.3) is 11.8 Å². The second kappa shape index (κ2) is 10.2. The molecule has 2 N–H and O–H groups in total. The standard InChI is InChI=1S/C24H23F3N4O4/c1-34-20-14-31(16-7-4-6-15(12-16)24(25,26)27)30-21(20)23(33)29-19-10-3-2-9-18(19)22(32)28-13-17-8-5-11-35-17/h2-4,6-7,9-10,12,14,17H,5,8,11,13H2,1H3,(H,28,32)(H,29,33). The molecule has 4 rings (SSSR count). The average Bonchev–Trinajstić information content (AvgIpc) is 3.52. The summed E-state index contributed by atoms with van der Waals surface area (Å²) in [6.45, 7) is 1.03. The molecule has 184 valence electrons. The summed E-state index contributed by atoms with van der Waals surface area (Å²) in [4.78, 5) is 25.7. The molecule has 1 aromatic heterocycles. The van der Waals surface area contributed by atoms with Gasteiger partial charge in [-0.2, -0.15) is 18.3 Å². The molecule has 0 radical (unpaired) electrons. The van der Waals surface area contributed by atoms with E-state index < -0.39 is 17.6 Å². The van der Waals surface area contributed by atoms with Crippen molar-refractivity contribution >= 4 is 17.5 Å². The molecule has 1 aliphatic heterocycles. The van der Waals surface area contributed by atoms with Crippen molar-refractivity contribution in [2.75, 3.05) is 25.6 Å². The number of aromatic nitrogens is 2. The number of nitrogens with zero attached hydrogens (tertiary/aromatic N) is 2. The minimum absolute atomic E-state index is 0.0372. The summed E-state index contributed by atoms with van der Waals surface area (Å²) < 4.78 is 51.1. The van der Waals surface area contributed by atoms with Gasteiger partial charge in [-0.25, -0.2) is 4.68 Å². The van der Waals surface area contributed by atoms with Crippen LogP contribution < -0.4 is 15.4 Å². The summed E-state index contributed by atoms with van der Waals surface area (Å²) >= 11 is 0. The van der Waals surface area contributed by atoms with Crippen LogP contribution in [-0.2, 0) is 10.9 Å². The summed E-state index contributed by atoms with van der Waals surface area (Å²) in [5.74, 6) is -1.01. The predicted molar refractivity (Wildman–Crippen MR) is 121 cm³/mol. The summed E-state index contributed by atoms with van der Waals surface area (Å²) in [6, 6.07) is 11.0. The van der Waals surface area contributed by atoms with E-state index in [0.717, 1.165) is 29.7 Å². The topological polar surface area (TPSA) is 94.5 Å². The van der Waals surface area contributed by atoms with E-state index in [0.29, 0.717) is 13.2 Å². The number of hydrogen-bond donors (Lipinski definition) is 2. The highest BCUT2D eigenvalue weighted by molar-refractivity contribution is 6.09. The number of anilines is 1. The number of benzene rings is 2. The van der Waals surface area contributed by atoms with Gasteiger partial charge in [0, 0.05) is 13.2 Å². The van der Waals surface area contributed by atoms with Gasteiger partial charge in [0.05, 0.1) is 41.9 Å². The first kappa shape index (κ1) is 24.3. The number of halogens is 3. The number of alkyl halides is 3. The first-order valence-electron chi connectivity index (χ1n) is 10.9. The van der Waals surface area contributed by atoms with Crippen LogP contribution >= 0.6 is 0 Å². The summed E-state index contributed by atoms with van der Waals surface area (Å²) in [5.41, 5.74) is -0.405. The number of carbonyl (C=O) groups is 2. The van der Waals surface area contributed by atoms with Crippen molar-refractivity contribution in [3.63, 3.8) is 0 Å². The lowest BCUT2D eigenvalue weighted by molar-refractivity contribution is -0.137. The molecule has 0 bridgehead atoms. The fourth-order valence-corrected chi connectivity index (χ4v) is 3.70. The molecule has 1 saturated heterocycles. The zero-order chi connectivity index (χ0) is 25.0. The Morgan fingerprint density at radius 3 is 2.69 bits per heavy atom. The Morgan fingerprint density at radius 2 is 1.97 bits per heavy atom. The van der Waals surface area contributed by atoms with E-state index in [9.17, 15) is 22.8 Å². The number of ether oxygens (including phenoxy) is 2. The smallest absolute Gasteiger partial charge is 0.416 e. The van der Waals surface area contributed by atoms with Crippen LogP contribution in [0.1, 0.15) is 39.3 Å². The molecule has 11 heteroatoms. The van der Waals surface area contributed by atoms with Crippen LogP contribution in [0.3, 0.4) is 0 Å². The number of para-hydroxylation sites is 1. The zero-order valence-electron chi connectivity index (χ0n) is 18.8. The first-order valence-corrected chi connectivity index (χ1v) is 10.9. The highest BCUT2D eigenvalue weighted by Crippen LogP contribution is 2.31. The van der Waals surface area contributed by atoms with Crippen LogP contribution in [0, 0.1) is 0 Å². The van der Waals surface area contributed by atoms with Crippen LogP contribution in [0.15, 0.2) is 54.7 Å². The fourth-order valence-electron chi connectivity index (χ4n) is 3.70. The SMILES string of the molecule is COc1cn(-c2cccc(C(F)(F)F)c2)nc1C(=O)Nc1ccccc1C(=O)NCC1CCCO1. The van der Waals surface area contributed by atoms with Gasteiger partial charge in [0.2, 0.25) is 0 Å². The Labute approximate surface area is 199 Å². The highest BCUT2D eigenvalue weighted by atomic mass is 19.4. The van der Waals surface area contributed by atoms with Crippen molar-refractivity contribution in [1.29, 1.82) is 0 Å². The van der Waals surface area contributed by atoms with Crippen molar-refractivity contribution in [1.82, 2.24) is 15.1 Å². The van der Waals surface area contributed by atoms with E-state index in [1.165, 1.54) is 25.4 Å². The van der Waals surface area contributed by atoms with Crippen molar-refractivity contribution in [2.24, 2.45) is 0 Å². The molecule has 8 nitrogen and oxygen atoms in total. The summed E-state index contributed by atoms with van der Waals surface area (Å²) in [7, 11) is 1.32. The van der Waals surface area contributed by atoms with Gasteiger partial charge < -0.3 is 20.1 Å². The molecule has 2 amide bonds. The van der Waals surface area contributed by atoms with Gasteiger partial charge >= 0.3 is 6.18 Å². The molecular weight excluding hydrogens is 465 g/mol.